The third kappa shape index (κ3) is 3.90. The number of hydrogen-bond donors (Lipinski definition) is 2. The number of rotatable bonds is 7. The minimum absolute atomic E-state index is 0.0737. The fraction of sp³-hybridized carbons (Fsp3) is 0.278. The first-order chi connectivity index (χ1) is 11.8. The molecule has 0 atom stereocenters. The number of benzene rings is 2. The van der Waals surface area contributed by atoms with Gasteiger partial charge < -0.3 is 24.8 Å². The number of nitrogens with one attached hydrogen (secondary N) is 2. The van der Waals surface area contributed by atoms with Crippen LogP contribution in [-0.2, 0) is 4.79 Å². The largest absolute Gasteiger partial charge is 0.492 e. The fourth-order valence-corrected chi connectivity index (χ4v) is 2.39. The van der Waals surface area contributed by atoms with E-state index < -0.39 is 0 Å². The van der Waals surface area contributed by atoms with Crippen LogP contribution < -0.4 is 24.8 Å². The van der Waals surface area contributed by atoms with Crippen LogP contribution in [-0.4, -0.2) is 25.9 Å². The summed E-state index contributed by atoms with van der Waals surface area (Å²) >= 11 is 0. The van der Waals surface area contributed by atoms with Crippen LogP contribution in [0.1, 0.15) is 13.3 Å². The molecule has 0 fully saturated rings. The maximum atomic E-state index is 12.1. The highest BCUT2D eigenvalue weighted by molar-refractivity contribution is 5.92. The van der Waals surface area contributed by atoms with Crippen LogP contribution >= 0.6 is 0 Å². The number of fused-ring (bicyclic) bond motifs is 1. The summed E-state index contributed by atoms with van der Waals surface area (Å²) in [4.78, 5) is 12.1. The third-order valence-corrected chi connectivity index (χ3v) is 3.51. The summed E-state index contributed by atoms with van der Waals surface area (Å²) in [5.41, 5.74) is 1.58. The van der Waals surface area contributed by atoms with E-state index in [1.165, 1.54) is 0 Å². The molecule has 1 aliphatic rings. The molecular weight excluding hydrogens is 308 g/mol. The van der Waals surface area contributed by atoms with E-state index in [0.29, 0.717) is 31.0 Å². The van der Waals surface area contributed by atoms with Crippen molar-refractivity contribution in [3.8, 4) is 17.2 Å². The Morgan fingerprint density at radius 2 is 2.00 bits per heavy atom. The summed E-state index contributed by atoms with van der Waals surface area (Å²) < 4.78 is 16.1. The maximum absolute atomic E-state index is 12.1. The van der Waals surface area contributed by atoms with Crippen molar-refractivity contribution in [1.82, 2.24) is 0 Å². The van der Waals surface area contributed by atoms with Crippen LogP contribution in [0.2, 0.25) is 0 Å². The van der Waals surface area contributed by atoms with Gasteiger partial charge in [0.15, 0.2) is 11.5 Å². The molecule has 2 aromatic rings. The van der Waals surface area contributed by atoms with Crippen molar-refractivity contribution in [2.75, 3.05) is 30.6 Å². The molecule has 2 aromatic carbocycles. The normalized spacial score (nSPS) is 11.9. The molecule has 0 spiro atoms. The summed E-state index contributed by atoms with van der Waals surface area (Å²) in [6.07, 6.45) is 0.342. The van der Waals surface area contributed by atoms with E-state index in [4.69, 9.17) is 14.2 Å². The first-order valence-electron chi connectivity index (χ1n) is 7.91. The molecule has 126 valence electrons. The van der Waals surface area contributed by atoms with Gasteiger partial charge in [-0.2, -0.15) is 0 Å². The van der Waals surface area contributed by atoms with Crippen molar-refractivity contribution in [2.24, 2.45) is 0 Å². The fourth-order valence-electron chi connectivity index (χ4n) is 2.39. The molecule has 0 saturated heterocycles. The second-order valence-corrected chi connectivity index (χ2v) is 5.22. The number of hydrogen-bond acceptors (Lipinski definition) is 5. The SMILES string of the molecule is CCOc1ccccc1NC(=O)CCNc1ccc2c(c1)OCO2. The lowest BCUT2D eigenvalue weighted by Gasteiger charge is -2.11. The van der Waals surface area contributed by atoms with Crippen LogP contribution in [0.4, 0.5) is 11.4 Å². The van der Waals surface area contributed by atoms with Gasteiger partial charge in [0.05, 0.1) is 12.3 Å². The summed E-state index contributed by atoms with van der Waals surface area (Å²) in [6.45, 7) is 3.23. The summed E-state index contributed by atoms with van der Waals surface area (Å²) in [7, 11) is 0. The standard InChI is InChI=1S/C18H20N2O4/c1-2-22-15-6-4-3-5-14(15)20-18(21)9-10-19-13-7-8-16-17(11-13)24-12-23-16/h3-8,11,19H,2,9-10,12H2,1H3,(H,20,21). The van der Waals surface area contributed by atoms with Gasteiger partial charge in [0.2, 0.25) is 12.7 Å². The average Bonchev–Trinajstić information content (AvgIpc) is 3.04. The van der Waals surface area contributed by atoms with Gasteiger partial charge in [0.25, 0.3) is 0 Å². The molecule has 3 rings (SSSR count). The molecule has 1 amide bonds. The number of amides is 1. The zero-order chi connectivity index (χ0) is 16.8. The molecule has 1 aliphatic heterocycles. The molecular formula is C18H20N2O4. The Morgan fingerprint density at radius 3 is 2.88 bits per heavy atom. The summed E-state index contributed by atoms with van der Waals surface area (Å²) in [5.74, 6) is 2.06. The zero-order valence-electron chi connectivity index (χ0n) is 13.5. The van der Waals surface area contributed by atoms with Crippen molar-refractivity contribution >= 4 is 17.3 Å². The lowest BCUT2D eigenvalue weighted by Crippen LogP contribution is -2.16. The van der Waals surface area contributed by atoms with Crippen LogP contribution in [0.15, 0.2) is 42.5 Å². The third-order valence-electron chi connectivity index (χ3n) is 3.51. The molecule has 0 bridgehead atoms. The smallest absolute Gasteiger partial charge is 0.231 e. The predicted octanol–water partition coefficient (Wildman–Crippen LogP) is 3.25. The van der Waals surface area contributed by atoms with Gasteiger partial charge in [-0.15, -0.1) is 0 Å². The minimum Gasteiger partial charge on any atom is -0.492 e. The van der Waals surface area contributed by atoms with E-state index in [9.17, 15) is 4.79 Å². The Bertz CT molecular complexity index is 718. The van der Waals surface area contributed by atoms with E-state index in [2.05, 4.69) is 10.6 Å². The van der Waals surface area contributed by atoms with Gasteiger partial charge in [-0.1, -0.05) is 12.1 Å². The van der Waals surface area contributed by atoms with Crippen LogP contribution in [0, 0.1) is 0 Å². The molecule has 6 heteroatoms. The molecule has 0 unspecified atom stereocenters. The van der Waals surface area contributed by atoms with Crippen molar-refractivity contribution in [1.29, 1.82) is 0 Å². The van der Waals surface area contributed by atoms with Gasteiger partial charge in [-0.25, -0.2) is 0 Å². The van der Waals surface area contributed by atoms with E-state index in [0.717, 1.165) is 17.2 Å². The molecule has 0 radical (unpaired) electrons. The second-order valence-electron chi connectivity index (χ2n) is 5.22. The van der Waals surface area contributed by atoms with Crippen molar-refractivity contribution < 1.29 is 19.0 Å². The molecule has 0 aromatic heterocycles. The quantitative estimate of drug-likeness (QED) is 0.816. The first-order valence-corrected chi connectivity index (χ1v) is 7.91. The average molecular weight is 328 g/mol. The van der Waals surface area contributed by atoms with E-state index >= 15 is 0 Å². The van der Waals surface area contributed by atoms with Gasteiger partial charge in [0.1, 0.15) is 5.75 Å². The highest BCUT2D eigenvalue weighted by Crippen LogP contribution is 2.34. The van der Waals surface area contributed by atoms with Gasteiger partial charge in [-0.05, 0) is 31.2 Å². The highest BCUT2D eigenvalue weighted by atomic mass is 16.7. The molecule has 0 saturated carbocycles. The van der Waals surface area contributed by atoms with Gasteiger partial charge in [0, 0.05) is 24.7 Å². The molecule has 24 heavy (non-hydrogen) atoms. The Morgan fingerprint density at radius 1 is 1.17 bits per heavy atom. The van der Waals surface area contributed by atoms with E-state index in [1.807, 2.05) is 49.4 Å². The number of ether oxygens (including phenoxy) is 3. The lowest BCUT2D eigenvalue weighted by atomic mass is 10.2. The summed E-state index contributed by atoms with van der Waals surface area (Å²) in [5, 5.41) is 6.08. The molecule has 6 nitrogen and oxygen atoms in total. The zero-order valence-corrected chi connectivity index (χ0v) is 13.5. The topological polar surface area (TPSA) is 68.8 Å². The number of carbonyl (C=O) groups is 1. The second kappa shape index (κ2) is 7.59. The maximum Gasteiger partial charge on any atom is 0.231 e. The monoisotopic (exact) mass is 328 g/mol. The predicted molar refractivity (Wildman–Crippen MR) is 91.9 cm³/mol. The minimum atomic E-state index is -0.0737. The van der Waals surface area contributed by atoms with E-state index in [1.54, 1.807) is 0 Å². The Labute approximate surface area is 140 Å². The first kappa shape index (κ1) is 16.0. The van der Waals surface area contributed by atoms with Crippen molar-refractivity contribution in [3.63, 3.8) is 0 Å². The Hall–Kier alpha value is -2.89. The molecule has 1 heterocycles. The van der Waals surface area contributed by atoms with Crippen LogP contribution in [0.5, 0.6) is 17.2 Å². The summed E-state index contributed by atoms with van der Waals surface area (Å²) in [6, 6.07) is 13.0. The van der Waals surface area contributed by atoms with E-state index in [-0.39, 0.29) is 12.7 Å². The number of para-hydroxylation sites is 2. The highest BCUT2D eigenvalue weighted by Gasteiger charge is 2.13. The van der Waals surface area contributed by atoms with Crippen LogP contribution in [0.3, 0.4) is 0 Å². The number of anilines is 2. The number of carbonyl (C=O) groups excluding carboxylic acids is 1. The van der Waals surface area contributed by atoms with Gasteiger partial charge in [-0.3, -0.25) is 4.79 Å². The van der Waals surface area contributed by atoms with Crippen molar-refractivity contribution in [2.45, 2.75) is 13.3 Å². The van der Waals surface area contributed by atoms with Crippen molar-refractivity contribution in [3.05, 3.63) is 42.5 Å². The Balaban J connectivity index is 1.49. The molecule has 2 N–H and O–H groups in total. The lowest BCUT2D eigenvalue weighted by molar-refractivity contribution is -0.116. The van der Waals surface area contributed by atoms with Gasteiger partial charge >= 0.3 is 0 Å². The molecule has 0 aliphatic carbocycles. The Kier molecular flexibility index (Phi) is 5.05. The van der Waals surface area contributed by atoms with Crippen LogP contribution in [0.25, 0.3) is 0 Å².